The predicted molar refractivity (Wildman–Crippen MR) is 79.3 cm³/mol. The first-order valence-corrected chi connectivity index (χ1v) is 8.36. The maximum atomic E-state index is 12.3. The van der Waals surface area contributed by atoms with Crippen LogP contribution >= 0.6 is 0 Å². The maximum absolute atomic E-state index is 12.3. The van der Waals surface area contributed by atoms with Crippen LogP contribution in [0.3, 0.4) is 0 Å². The summed E-state index contributed by atoms with van der Waals surface area (Å²) in [6, 6.07) is 15.2. The zero-order valence-electron chi connectivity index (χ0n) is 11.9. The van der Waals surface area contributed by atoms with Gasteiger partial charge in [-0.05, 0) is 28.7 Å². The molecule has 0 aromatic heterocycles. The van der Waals surface area contributed by atoms with Gasteiger partial charge in [0.2, 0.25) is 0 Å². The first-order valence-electron chi connectivity index (χ1n) is 6.95. The molecule has 0 fully saturated rings. The lowest BCUT2D eigenvalue weighted by molar-refractivity contribution is -0.0543. The highest BCUT2D eigenvalue weighted by molar-refractivity contribution is 7.87. The highest BCUT2D eigenvalue weighted by atomic mass is 32.2. The number of benzene rings is 2. The first kappa shape index (κ1) is 16.0. The maximum Gasteiger partial charge on any atom is 0.523 e. The van der Waals surface area contributed by atoms with Crippen LogP contribution in [-0.4, -0.2) is 20.5 Å². The molecule has 0 bridgehead atoms. The molecule has 7 heteroatoms. The van der Waals surface area contributed by atoms with E-state index in [0.29, 0.717) is 0 Å². The Morgan fingerprint density at radius 3 is 1.87 bits per heavy atom. The molecule has 2 aromatic rings. The Morgan fingerprint density at radius 1 is 0.913 bits per heavy atom. The molecule has 0 N–H and O–H groups in total. The van der Waals surface area contributed by atoms with Crippen LogP contribution in [0.2, 0.25) is 0 Å². The van der Waals surface area contributed by atoms with E-state index in [-0.39, 0.29) is 12.3 Å². The number of rotatable bonds is 4. The number of fused-ring (bicyclic) bond motifs is 3. The average molecular weight is 342 g/mol. The van der Waals surface area contributed by atoms with E-state index in [4.69, 9.17) is 0 Å². The van der Waals surface area contributed by atoms with Gasteiger partial charge in [0, 0.05) is 5.92 Å². The van der Waals surface area contributed by atoms with Crippen molar-refractivity contribution in [2.75, 3.05) is 6.61 Å². The van der Waals surface area contributed by atoms with Crippen LogP contribution in [0.1, 0.15) is 23.5 Å². The number of hydrogen-bond acceptors (Lipinski definition) is 3. The van der Waals surface area contributed by atoms with Crippen LogP contribution in [0.5, 0.6) is 0 Å². The Labute approximate surface area is 131 Å². The van der Waals surface area contributed by atoms with Crippen molar-refractivity contribution in [2.24, 2.45) is 0 Å². The van der Waals surface area contributed by atoms with Crippen molar-refractivity contribution >= 4 is 10.1 Å². The molecular weight excluding hydrogens is 329 g/mol. The van der Waals surface area contributed by atoms with Crippen LogP contribution < -0.4 is 0 Å². The monoisotopic (exact) mass is 342 g/mol. The molecule has 0 aliphatic heterocycles. The minimum absolute atomic E-state index is 0.156. The normalized spacial score (nSPS) is 14.6. The summed E-state index contributed by atoms with van der Waals surface area (Å²) in [7, 11) is -5.54. The number of hydrogen-bond donors (Lipinski definition) is 0. The van der Waals surface area contributed by atoms with Crippen LogP contribution in [0.25, 0.3) is 11.1 Å². The summed E-state index contributed by atoms with van der Waals surface area (Å²) in [4.78, 5) is 0. The van der Waals surface area contributed by atoms with Crippen molar-refractivity contribution in [1.29, 1.82) is 0 Å². The topological polar surface area (TPSA) is 43.4 Å². The average Bonchev–Trinajstić information content (AvgIpc) is 2.81. The van der Waals surface area contributed by atoms with Crippen molar-refractivity contribution in [2.45, 2.75) is 17.8 Å². The van der Waals surface area contributed by atoms with Crippen molar-refractivity contribution in [3.63, 3.8) is 0 Å². The molecule has 2 aromatic carbocycles. The second kappa shape index (κ2) is 5.65. The quantitative estimate of drug-likeness (QED) is 0.622. The lowest BCUT2D eigenvalue weighted by atomic mass is 9.94. The minimum atomic E-state index is -5.54. The third-order valence-electron chi connectivity index (χ3n) is 3.89. The second-order valence-corrected chi connectivity index (χ2v) is 6.84. The molecule has 0 atom stereocenters. The summed E-state index contributed by atoms with van der Waals surface area (Å²) in [5.41, 5.74) is -1.40. The Hall–Kier alpha value is -1.86. The van der Waals surface area contributed by atoms with E-state index in [1.165, 1.54) is 0 Å². The summed E-state index contributed by atoms with van der Waals surface area (Å²) < 4.78 is 63.0. The molecule has 0 amide bonds. The smallest absolute Gasteiger partial charge is 0.263 e. The molecule has 0 radical (unpaired) electrons. The molecular formula is C16H13F3O3S. The van der Waals surface area contributed by atoms with Crippen molar-refractivity contribution in [1.82, 2.24) is 0 Å². The largest absolute Gasteiger partial charge is 0.523 e. The summed E-state index contributed by atoms with van der Waals surface area (Å²) in [6.45, 7) is -0.519. The van der Waals surface area contributed by atoms with Crippen LogP contribution in [-0.2, 0) is 14.3 Å². The van der Waals surface area contributed by atoms with E-state index >= 15 is 0 Å². The van der Waals surface area contributed by atoms with Gasteiger partial charge in [-0.15, -0.1) is 0 Å². The van der Waals surface area contributed by atoms with Gasteiger partial charge in [-0.3, -0.25) is 4.18 Å². The van der Waals surface area contributed by atoms with Gasteiger partial charge in [-0.1, -0.05) is 48.5 Å². The minimum Gasteiger partial charge on any atom is -0.263 e. The Bertz CT molecular complexity index is 783. The van der Waals surface area contributed by atoms with Gasteiger partial charge in [0.15, 0.2) is 0 Å². The Balaban J connectivity index is 1.82. The fourth-order valence-electron chi connectivity index (χ4n) is 2.91. The van der Waals surface area contributed by atoms with Crippen molar-refractivity contribution < 1.29 is 25.8 Å². The highest BCUT2D eigenvalue weighted by Crippen LogP contribution is 2.46. The lowest BCUT2D eigenvalue weighted by Gasteiger charge is -2.14. The molecule has 0 heterocycles. The van der Waals surface area contributed by atoms with Gasteiger partial charge in [0.1, 0.15) is 0 Å². The molecule has 1 aliphatic carbocycles. The zero-order chi connectivity index (χ0) is 16.7. The fourth-order valence-corrected chi connectivity index (χ4v) is 3.36. The predicted octanol–water partition coefficient (Wildman–Crippen LogP) is 4.06. The molecule has 0 saturated carbocycles. The van der Waals surface area contributed by atoms with Gasteiger partial charge in [0.25, 0.3) is 0 Å². The zero-order valence-corrected chi connectivity index (χ0v) is 12.7. The molecule has 0 saturated heterocycles. The summed E-state index contributed by atoms with van der Waals surface area (Å²) in [5.74, 6) is -0.175. The van der Waals surface area contributed by atoms with Gasteiger partial charge >= 0.3 is 15.6 Å². The molecule has 0 unspecified atom stereocenters. The molecule has 0 spiro atoms. The van der Waals surface area contributed by atoms with E-state index in [1.54, 1.807) is 0 Å². The van der Waals surface area contributed by atoms with E-state index in [2.05, 4.69) is 4.18 Å². The number of alkyl halides is 3. The SMILES string of the molecule is O=S(=O)(OCCC1c2ccccc2-c2ccccc21)C(F)(F)F. The molecule has 3 rings (SSSR count). The van der Waals surface area contributed by atoms with E-state index in [1.807, 2.05) is 48.5 Å². The van der Waals surface area contributed by atoms with Gasteiger partial charge in [0.05, 0.1) is 6.61 Å². The second-order valence-electron chi connectivity index (χ2n) is 5.24. The molecule has 1 aliphatic rings. The van der Waals surface area contributed by atoms with Gasteiger partial charge in [-0.25, -0.2) is 0 Å². The summed E-state index contributed by atoms with van der Waals surface area (Å²) >= 11 is 0. The van der Waals surface area contributed by atoms with Crippen molar-refractivity contribution in [3.05, 3.63) is 59.7 Å². The van der Waals surface area contributed by atoms with Crippen LogP contribution in [0, 0.1) is 0 Å². The van der Waals surface area contributed by atoms with Crippen LogP contribution in [0.15, 0.2) is 48.5 Å². The van der Waals surface area contributed by atoms with Gasteiger partial charge < -0.3 is 0 Å². The molecule has 3 nitrogen and oxygen atoms in total. The fraction of sp³-hybridized carbons (Fsp3) is 0.250. The Morgan fingerprint density at radius 2 is 1.39 bits per heavy atom. The van der Waals surface area contributed by atoms with Crippen molar-refractivity contribution in [3.8, 4) is 11.1 Å². The summed E-state index contributed by atoms with van der Waals surface area (Å²) in [6.07, 6.45) is 0.156. The summed E-state index contributed by atoms with van der Waals surface area (Å²) in [5, 5.41) is 0. The Kier molecular flexibility index (Phi) is 3.93. The highest BCUT2D eigenvalue weighted by Gasteiger charge is 2.47. The standard InChI is InChI=1S/C16H13F3O3S/c17-16(18,19)23(20,21)22-10-9-15-13-7-3-1-5-11(13)12-6-2-4-8-14(12)15/h1-8,15H,9-10H2. The molecule has 122 valence electrons. The molecule has 23 heavy (non-hydrogen) atoms. The van der Waals surface area contributed by atoms with E-state index in [9.17, 15) is 21.6 Å². The van der Waals surface area contributed by atoms with Crippen LogP contribution in [0.4, 0.5) is 13.2 Å². The van der Waals surface area contributed by atoms with E-state index < -0.39 is 22.2 Å². The van der Waals surface area contributed by atoms with Gasteiger partial charge in [-0.2, -0.15) is 21.6 Å². The third-order valence-corrected chi connectivity index (χ3v) is 4.93. The van der Waals surface area contributed by atoms with E-state index in [0.717, 1.165) is 22.3 Å². The number of halogens is 3. The third kappa shape index (κ3) is 2.86. The first-order chi connectivity index (χ1) is 10.8. The lowest BCUT2D eigenvalue weighted by Crippen LogP contribution is -2.26.